The van der Waals surface area contributed by atoms with Gasteiger partial charge in [0.1, 0.15) is 30.0 Å². The normalized spacial score (nSPS) is 12.8. The number of hydrogen-bond acceptors (Lipinski definition) is 7. The fourth-order valence-electron chi connectivity index (χ4n) is 3.87. The molecule has 3 amide bonds. The summed E-state index contributed by atoms with van der Waals surface area (Å²) in [6, 6.07) is 3.94. The Morgan fingerprint density at radius 1 is 1.05 bits per heavy atom. The Kier molecular flexibility index (Phi) is 13.6. The van der Waals surface area contributed by atoms with Gasteiger partial charge in [-0.3, -0.25) is 14.4 Å². The molecule has 0 bridgehead atoms. The molecule has 10 heteroatoms. The number of phenolic OH excluding ortho intramolecular Hbond substituents is 1. The molecule has 0 saturated carbocycles. The summed E-state index contributed by atoms with van der Waals surface area (Å²) in [4.78, 5) is 53.2. The molecular formula is C28H45N3O7. The minimum atomic E-state index is -1.16. The van der Waals surface area contributed by atoms with E-state index in [1.807, 2.05) is 0 Å². The summed E-state index contributed by atoms with van der Waals surface area (Å²) in [5.41, 5.74) is -0.389. The molecule has 0 spiro atoms. The first-order valence-corrected chi connectivity index (χ1v) is 13.2. The number of nitrogens with one attached hydrogen (secondary N) is 2. The van der Waals surface area contributed by atoms with Gasteiger partial charge in [-0.15, -0.1) is 0 Å². The third kappa shape index (κ3) is 11.4. The van der Waals surface area contributed by atoms with E-state index in [-0.39, 0.29) is 24.8 Å². The number of nitrogens with zero attached hydrogens (tertiary/aromatic N) is 1. The predicted molar refractivity (Wildman–Crippen MR) is 144 cm³/mol. The van der Waals surface area contributed by atoms with E-state index >= 15 is 0 Å². The van der Waals surface area contributed by atoms with Crippen molar-refractivity contribution < 1.29 is 33.8 Å². The summed E-state index contributed by atoms with van der Waals surface area (Å²) in [7, 11) is 1.21. The van der Waals surface area contributed by atoms with Crippen molar-refractivity contribution in [1.82, 2.24) is 15.5 Å². The minimum absolute atomic E-state index is 0.0732. The molecule has 1 rings (SSSR count). The molecule has 3 N–H and O–H groups in total. The minimum Gasteiger partial charge on any atom is -0.508 e. The largest absolute Gasteiger partial charge is 0.508 e. The summed E-state index contributed by atoms with van der Waals surface area (Å²) in [6.45, 7) is 10.7. The van der Waals surface area contributed by atoms with Gasteiger partial charge < -0.3 is 30.1 Å². The summed E-state index contributed by atoms with van der Waals surface area (Å²) in [6.07, 6.45) is 3.82. The van der Waals surface area contributed by atoms with Gasteiger partial charge in [-0.25, -0.2) is 4.79 Å². The summed E-state index contributed by atoms with van der Waals surface area (Å²) < 4.78 is 10.0. The Balaban J connectivity index is 3.44. The SMILES string of the molecule is CCCCCCCN(C(=O)C(NC(=O)OC(C)(C)C)C(C)C)C(C(=O)NCC(=O)OC)c1cccc(O)c1. The standard InChI is InChI=1S/C28H45N3O7/c1-8-9-10-11-12-16-31(26(35)23(19(2)3)30-27(36)38-28(4,5)6)24(20-14-13-15-21(32)17-20)25(34)29-18-22(33)37-7/h13-15,17,19,23-24,32H,8-12,16,18H2,1-7H3,(H,29,34)(H,30,36). The highest BCUT2D eigenvalue weighted by Gasteiger charge is 2.37. The van der Waals surface area contributed by atoms with Crippen molar-refractivity contribution in [2.24, 2.45) is 5.92 Å². The lowest BCUT2D eigenvalue weighted by Gasteiger charge is -2.35. The van der Waals surface area contributed by atoms with Crippen LogP contribution >= 0.6 is 0 Å². The fraction of sp³-hybridized carbons (Fsp3) is 0.643. The predicted octanol–water partition coefficient (Wildman–Crippen LogP) is 4.07. The van der Waals surface area contributed by atoms with Crippen molar-refractivity contribution in [1.29, 1.82) is 0 Å². The first kappa shape index (κ1) is 32.7. The van der Waals surface area contributed by atoms with Crippen molar-refractivity contribution in [3.05, 3.63) is 29.8 Å². The van der Waals surface area contributed by atoms with Gasteiger partial charge in [0.2, 0.25) is 11.8 Å². The maximum atomic E-state index is 14.0. The van der Waals surface area contributed by atoms with Crippen LogP contribution in [0.3, 0.4) is 0 Å². The molecule has 0 heterocycles. The van der Waals surface area contributed by atoms with Gasteiger partial charge in [0, 0.05) is 6.54 Å². The van der Waals surface area contributed by atoms with Crippen LogP contribution in [0.25, 0.3) is 0 Å². The average molecular weight is 536 g/mol. The molecule has 0 aromatic heterocycles. The molecule has 1 aromatic carbocycles. The van der Waals surface area contributed by atoms with Crippen LogP contribution in [0.2, 0.25) is 0 Å². The number of methoxy groups -OCH3 is 1. The quantitative estimate of drug-likeness (QED) is 0.241. The van der Waals surface area contributed by atoms with Gasteiger partial charge in [-0.05, 0) is 50.8 Å². The Bertz CT molecular complexity index is 927. The molecule has 1 aromatic rings. The van der Waals surface area contributed by atoms with Crippen LogP contribution in [0.4, 0.5) is 4.79 Å². The lowest BCUT2D eigenvalue weighted by molar-refractivity contribution is -0.145. The Hall–Kier alpha value is -3.30. The Labute approximate surface area is 226 Å². The van der Waals surface area contributed by atoms with Gasteiger partial charge in [0.15, 0.2) is 0 Å². The van der Waals surface area contributed by atoms with Gasteiger partial charge in [-0.1, -0.05) is 58.6 Å². The van der Waals surface area contributed by atoms with E-state index < -0.39 is 41.6 Å². The van der Waals surface area contributed by atoms with Crippen LogP contribution in [0, 0.1) is 5.92 Å². The third-order valence-corrected chi connectivity index (χ3v) is 5.77. The van der Waals surface area contributed by atoms with Crippen molar-refractivity contribution in [3.63, 3.8) is 0 Å². The molecule has 2 unspecified atom stereocenters. The van der Waals surface area contributed by atoms with Crippen LogP contribution in [-0.2, 0) is 23.9 Å². The van der Waals surface area contributed by atoms with Crippen molar-refractivity contribution in [2.75, 3.05) is 20.2 Å². The van der Waals surface area contributed by atoms with E-state index in [2.05, 4.69) is 22.3 Å². The molecule has 0 aliphatic rings. The number of aromatic hydroxyl groups is 1. The molecule has 0 radical (unpaired) electrons. The van der Waals surface area contributed by atoms with Crippen LogP contribution in [0.1, 0.15) is 85.3 Å². The highest BCUT2D eigenvalue weighted by Crippen LogP contribution is 2.27. The fourth-order valence-corrected chi connectivity index (χ4v) is 3.87. The summed E-state index contributed by atoms with van der Waals surface area (Å²) in [5.74, 6) is -2.11. The topological polar surface area (TPSA) is 134 Å². The van der Waals surface area contributed by atoms with E-state index in [4.69, 9.17) is 4.74 Å². The highest BCUT2D eigenvalue weighted by molar-refractivity contribution is 5.93. The lowest BCUT2D eigenvalue weighted by Crippen LogP contribution is -2.55. The van der Waals surface area contributed by atoms with Gasteiger partial charge >= 0.3 is 12.1 Å². The smallest absolute Gasteiger partial charge is 0.408 e. The third-order valence-electron chi connectivity index (χ3n) is 5.77. The second-order valence-corrected chi connectivity index (χ2v) is 10.6. The molecule has 0 aliphatic carbocycles. The van der Waals surface area contributed by atoms with Crippen LogP contribution in [-0.4, -0.2) is 65.7 Å². The molecule has 0 fully saturated rings. The van der Waals surface area contributed by atoms with Crippen molar-refractivity contribution in [3.8, 4) is 5.75 Å². The molecule has 214 valence electrons. The zero-order valence-electron chi connectivity index (χ0n) is 23.8. The Morgan fingerprint density at radius 3 is 2.26 bits per heavy atom. The van der Waals surface area contributed by atoms with E-state index in [1.54, 1.807) is 46.8 Å². The van der Waals surface area contributed by atoms with Gasteiger partial charge in [-0.2, -0.15) is 0 Å². The number of unbranched alkanes of at least 4 members (excludes halogenated alkanes) is 4. The number of ether oxygens (including phenoxy) is 2. The maximum Gasteiger partial charge on any atom is 0.408 e. The second kappa shape index (κ2) is 15.8. The van der Waals surface area contributed by atoms with E-state index in [0.29, 0.717) is 12.0 Å². The molecular weight excluding hydrogens is 490 g/mol. The zero-order chi connectivity index (χ0) is 28.9. The maximum absolute atomic E-state index is 14.0. The molecule has 0 saturated heterocycles. The number of alkyl carbamates (subject to hydrolysis) is 1. The molecule has 38 heavy (non-hydrogen) atoms. The van der Waals surface area contributed by atoms with Crippen LogP contribution in [0.15, 0.2) is 24.3 Å². The number of carbonyl (C=O) groups is 4. The number of carbonyl (C=O) groups excluding carboxylic acids is 4. The van der Waals surface area contributed by atoms with E-state index in [1.165, 1.54) is 24.1 Å². The highest BCUT2D eigenvalue weighted by atomic mass is 16.6. The first-order chi connectivity index (χ1) is 17.8. The van der Waals surface area contributed by atoms with Gasteiger partial charge in [0.05, 0.1) is 7.11 Å². The Morgan fingerprint density at radius 2 is 1.71 bits per heavy atom. The summed E-state index contributed by atoms with van der Waals surface area (Å²) >= 11 is 0. The molecule has 2 atom stereocenters. The number of phenols is 1. The average Bonchev–Trinajstić information content (AvgIpc) is 2.83. The number of hydrogen-bond donors (Lipinski definition) is 3. The first-order valence-electron chi connectivity index (χ1n) is 13.2. The molecule has 0 aliphatic heterocycles. The monoisotopic (exact) mass is 535 g/mol. The number of amides is 3. The summed E-state index contributed by atoms with van der Waals surface area (Å²) in [5, 5.41) is 15.3. The molecule has 10 nitrogen and oxygen atoms in total. The van der Waals surface area contributed by atoms with E-state index in [0.717, 1.165) is 25.7 Å². The zero-order valence-corrected chi connectivity index (χ0v) is 23.8. The second-order valence-electron chi connectivity index (χ2n) is 10.6. The lowest BCUT2D eigenvalue weighted by atomic mass is 9.98. The number of esters is 1. The van der Waals surface area contributed by atoms with Crippen molar-refractivity contribution in [2.45, 2.75) is 91.3 Å². The van der Waals surface area contributed by atoms with Crippen molar-refractivity contribution >= 4 is 23.9 Å². The van der Waals surface area contributed by atoms with E-state index in [9.17, 15) is 24.3 Å². The van der Waals surface area contributed by atoms with Crippen LogP contribution in [0.5, 0.6) is 5.75 Å². The van der Waals surface area contributed by atoms with Crippen LogP contribution < -0.4 is 10.6 Å². The van der Waals surface area contributed by atoms with Gasteiger partial charge in [0.25, 0.3) is 0 Å². The number of benzene rings is 1. The number of rotatable bonds is 14.